The highest BCUT2D eigenvalue weighted by molar-refractivity contribution is 7.52. The van der Waals surface area contributed by atoms with Gasteiger partial charge >= 0.3 is 7.60 Å². The van der Waals surface area contributed by atoms with Crippen LogP contribution in [0.2, 0.25) is 0 Å². The maximum absolute atomic E-state index is 11.9. The van der Waals surface area contributed by atoms with E-state index in [1.165, 1.54) is 6.07 Å². The summed E-state index contributed by atoms with van der Waals surface area (Å²) < 4.78 is 16.2. The summed E-state index contributed by atoms with van der Waals surface area (Å²) in [6, 6.07) is 3.17. The molecule has 0 aliphatic carbocycles. The molecule has 0 saturated heterocycles. The predicted molar refractivity (Wildman–Crippen MR) is 69.7 cm³/mol. The number of aliphatic hydroxyl groups excluding tert-OH is 1. The van der Waals surface area contributed by atoms with Gasteiger partial charge in [-0.2, -0.15) is 0 Å². The van der Waals surface area contributed by atoms with Crippen molar-refractivity contribution in [2.24, 2.45) is 0 Å². The Hall–Kier alpha value is -1.20. The van der Waals surface area contributed by atoms with Crippen molar-refractivity contribution in [1.82, 2.24) is 0 Å². The largest absolute Gasteiger partial charge is 0.490 e. The molecule has 1 aromatic rings. The lowest BCUT2D eigenvalue weighted by Gasteiger charge is -2.15. The van der Waals surface area contributed by atoms with Gasteiger partial charge in [0.25, 0.3) is 0 Å². The second kappa shape index (κ2) is 6.30. The first kappa shape index (κ1) is 15.9. The number of Topliss-reactive ketones (excluding diaryl/α,β-unsaturated/α-hetero) is 1. The molecule has 0 atom stereocenters. The first-order valence-electron chi connectivity index (χ1n) is 5.68. The molecule has 1 aromatic carbocycles. The van der Waals surface area contributed by atoms with Crippen molar-refractivity contribution in [2.45, 2.75) is 13.8 Å². The van der Waals surface area contributed by atoms with Gasteiger partial charge in [-0.05, 0) is 31.0 Å². The molecule has 0 aliphatic rings. The average molecular weight is 288 g/mol. The molecule has 19 heavy (non-hydrogen) atoms. The van der Waals surface area contributed by atoms with E-state index >= 15 is 0 Å². The highest BCUT2D eigenvalue weighted by Gasteiger charge is 2.24. The average Bonchev–Trinajstić information content (AvgIpc) is 2.28. The molecule has 106 valence electrons. The van der Waals surface area contributed by atoms with Crippen molar-refractivity contribution in [1.29, 1.82) is 0 Å². The number of benzene rings is 1. The zero-order valence-electron chi connectivity index (χ0n) is 10.8. The van der Waals surface area contributed by atoms with Crippen LogP contribution in [-0.2, 0) is 4.57 Å². The van der Waals surface area contributed by atoms with Gasteiger partial charge in [0.2, 0.25) is 0 Å². The Balaban J connectivity index is 3.15. The van der Waals surface area contributed by atoms with E-state index in [9.17, 15) is 9.36 Å². The summed E-state index contributed by atoms with van der Waals surface area (Å²) in [5.41, 5.74) is 1.73. The van der Waals surface area contributed by atoms with Gasteiger partial charge in [-0.25, -0.2) is 0 Å². The maximum Gasteiger partial charge on any atom is 0.333 e. The van der Waals surface area contributed by atoms with Crippen molar-refractivity contribution in [3.63, 3.8) is 0 Å². The Labute approximate surface area is 111 Å². The van der Waals surface area contributed by atoms with E-state index in [0.29, 0.717) is 5.56 Å². The van der Waals surface area contributed by atoms with Gasteiger partial charge in [0.1, 0.15) is 18.5 Å². The molecule has 1 rings (SSSR count). The van der Waals surface area contributed by atoms with Gasteiger partial charge in [-0.1, -0.05) is 6.07 Å². The molecule has 0 spiro atoms. The van der Waals surface area contributed by atoms with Crippen LogP contribution in [0.1, 0.15) is 21.5 Å². The number of rotatable bonds is 6. The lowest BCUT2D eigenvalue weighted by Crippen LogP contribution is -2.12. The molecule has 0 saturated carbocycles. The van der Waals surface area contributed by atoms with Gasteiger partial charge in [-0.3, -0.25) is 9.36 Å². The Bertz CT molecular complexity index is 519. The molecule has 0 aromatic heterocycles. The van der Waals surface area contributed by atoms with Crippen LogP contribution in [0.5, 0.6) is 5.75 Å². The molecular formula is C12H17O6P. The highest BCUT2D eigenvalue weighted by atomic mass is 31.2. The normalized spacial score (nSPS) is 11.4. The fourth-order valence-electron chi connectivity index (χ4n) is 1.62. The van der Waals surface area contributed by atoms with Gasteiger partial charge in [0.15, 0.2) is 5.78 Å². The van der Waals surface area contributed by atoms with Gasteiger partial charge < -0.3 is 19.6 Å². The minimum absolute atomic E-state index is 0.0144. The summed E-state index contributed by atoms with van der Waals surface area (Å²) in [6.07, 6.45) is -0.856. The molecule has 0 amide bonds. The van der Waals surface area contributed by atoms with Crippen molar-refractivity contribution >= 4 is 13.4 Å². The van der Waals surface area contributed by atoms with E-state index in [1.54, 1.807) is 13.0 Å². The van der Waals surface area contributed by atoms with Crippen LogP contribution in [-0.4, -0.2) is 40.1 Å². The summed E-state index contributed by atoms with van der Waals surface area (Å²) in [5.74, 6) is -0.406. The van der Waals surface area contributed by atoms with Crippen molar-refractivity contribution in [2.75, 3.05) is 19.4 Å². The number of ether oxygens (including phenoxy) is 1. The zero-order chi connectivity index (χ0) is 14.6. The number of aliphatic hydroxyl groups is 1. The highest BCUT2D eigenvalue weighted by Crippen LogP contribution is 2.37. The molecule has 0 aliphatic heterocycles. The van der Waals surface area contributed by atoms with Crippen molar-refractivity contribution in [3.8, 4) is 5.75 Å². The van der Waals surface area contributed by atoms with E-state index < -0.39 is 19.5 Å². The smallest absolute Gasteiger partial charge is 0.333 e. The molecule has 0 radical (unpaired) electrons. The van der Waals surface area contributed by atoms with E-state index in [1.807, 2.05) is 6.92 Å². The number of hydrogen-bond donors (Lipinski definition) is 3. The third kappa shape index (κ3) is 4.44. The van der Waals surface area contributed by atoms with Crippen LogP contribution >= 0.6 is 7.60 Å². The second-order valence-electron chi connectivity index (χ2n) is 4.20. The molecule has 6 nitrogen and oxygen atoms in total. The quantitative estimate of drug-likeness (QED) is 0.533. The predicted octanol–water partition coefficient (Wildman–Crippen LogP) is 1.03. The number of carbonyl (C=O) groups excluding carboxylic acids is 1. The topological polar surface area (TPSA) is 104 Å². The minimum atomic E-state index is -4.41. The monoisotopic (exact) mass is 288 g/mol. The molecular weight excluding hydrogens is 271 g/mol. The van der Waals surface area contributed by atoms with Crippen LogP contribution in [0.15, 0.2) is 12.1 Å². The molecule has 3 N–H and O–H groups in total. The molecule has 0 fully saturated rings. The summed E-state index contributed by atoms with van der Waals surface area (Å²) >= 11 is 0. The Morgan fingerprint density at radius 1 is 1.32 bits per heavy atom. The van der Waals surface area contributed by atoms with Crippen LogP contribution < -0.4 is 4.74 Å². The van der Waals surface area contributed by atoms with Crippen LogP contribution in [0.4, 0.5) is 0 Å². The van der Waals surface area contributed by atoms with E-state index in [-0.39, 0.29) is 24.5 Å². The molecule has 0 heterocycles. The minimum Gasteiger partial charge on any atom is -0.490 e. The van der Waals surface area contributed by atoms with Gasteiger partial charge in [-0.15, -0.1) is 0 Å². The number of carbonyl (C=O) groups is 1. The summed E-state index contributed by atoms with van der Waals surface area (Å²) in [4.78, 5) is 29.6. The van der Waals surface area contributed by atoms with Crippen molar-refractivity contribution in [3.05, 3.63) is 28.8 Å². The first-order valence-corrected chi connectivity index (χ1v) is 7.47. The fraction of sp³-hybridized carbons (Fsp3) is 0.417. The molecule has 0 bridgehead atoms. The SMILES string of the molecule is Cc1ccc(C(=O)CP(=O)(O)O)c(OCCO)c1C. The Kier molecular flexibility index (Phi) is 5.26. The lowest BCUT2D eigenvalue weighted by atomic mass is 10.0. The zero-order valence-corrected chi connectivity index (χ0v) is 11.7. The molecule has 7 heteroatoms. The summed E-state index contributed by atoms with van der Waals surface area (Å²) in [7, 11) is -4.41. The summed E-state index contributed by atoms with van der Waals surface area (Å²) in [5, 5.41) is 8.77. The Morgan fingerprint density at radius 2 is 1.95 bits per heavy atom. The number of ketones is 1. The van der Waals surface area contributed by atoms with E-state index in [0.717, 1.165) is 5.56 Å². The lowest BCUT2D eigenvalue weighted by molar-refractivity contribution is 0.101. The maximum atomic E-state index is 11.9. The van der Waals surface area contributed by atoms with Crippen LogP contribution in [0.25, 0.3) is 0 Å². The standard InChI is InChI=1S/C12H17O6P/c1-8-3-4-10(11(14)7-19(15,16)17)12(9(8)2)18-6-5-13/h3-4,13H,5-7H2,1-2H3,(H2,15,16,17). The van der Waals surface area contributed by atoms with Crippen molar-refractivity contribution < 1.29 is 29.0 Å². The summed E-state index contributed by atoms with van der Waals surface area (Å²) in [6.45, 7) is 3.38. The van der Waals surface area contributed by atoms with Crippen LogP contribution in [0.3, 0.4) is 0 Å². The first-order chi connectivity index (χ1) is 8.76. The number of hydrogen-bond acceptors (Lipinski definition) is 4. The fourth-order valence-corrected chi connectivity index (χ4v) is 2.16. The Morgan fingerprint density at radius 3 is 2.47 bits per heavy atom. The van der Waals surface area contributed by atoms with E-state index in [4.69, 9.17) is 19.6 Å². The third-order valence-electron chi connectivity index (χ3n) is 2.66. The molecule has 0 unspecified atom stereocenters. The number of aryl methyl sites for hydroxylation is 1. The second-order valence-corrected chi connectivity index (χ2v) is 5.85. The third-order valence-corrected chi connectivity index (χ3v) is 3.36. The van der Waals surface area contributed by atoms with Crippen LogP contribution in [0, 0.1) is 13.8 Å². The van der Waals surface area contributed by atoms with Gasteiger partial charge in [0, 0.05) is 0 Å². The van der Waals surface area contributed by atoms with Gasteiger partial charge in [0.05, 0.1) is 12.2 Å². The van der Waals surface area contributed by atoms with E-state index in [2.05, 4.69) is 0 Å².